The molecule has 0 radical (unpaired) electrons. The average molecular weight is 263 g/mol. The van der Waals surface area contributed by atoms with Crippen LogP contribution >= 0.6 is 0 Å². The maximum atomic E-state index is 11.4. The highest BCUT2D eigenvalue weighted by atomic mass is 16.5. The van der Waals surface area contributed by atoms with Crippen molar-refractivity contribution in [3.63, 3.8) is 0 Å². The number of fused-ring (bicyclic) bond motifs is 1. The predicted molar refractivity (Wildman–Crippen MR) is 78.5 cm³/mol. The number of hydrogen-bond donors (Lipinski definition) is 0. The van der Waals surface area contributed by atoms with Gasteiger partial charge in [0, 0.05) is 11.8 Å². The van der Waals surface area contributed by atoms with Crippen LogP contribution in [0.4, 0.5) is 0 Å². The van der Waals surface area contributed by atoms with Crippen molar-refractivity contribution < 1.29 is 9.53 Å². The predicted octanol–water partition coefficient (Wildman–Crippen LogP) is 3.69. The second-order valence-electron chi connectivity index (χ2n) is 4.45. The number of benzene rings is 2. The number of esters is 1. The molecule has 3 aromatic rings. The maximum absolute atomic E-state index is 11.4. The van der Waals surface area contributed by atoms with Gasteiger partial charge in [-0.25, -0.2) is 4.79 Å². The Balaban J connectivity index is 2.09. The van der Waals surface area contributed by atoms with Crippen molar-refractivity contribution in [1.29, 1.82) is 0 Å². The minimum absolute atomic E-state index is 0.373. The minimum atomic E-state index is -0.373. The topological polar surface area (TPSA) is 39.2 Å². The first-order chi connectivity index (χ1) is 9.79. The van der Waals surface area contributed by atoms with Gasteiger partial charge in [0.25, 0.3) is 0 Å². The Labute approximate surface area is 116 Å². The molecule has 0 saturated carbocycles. The van der Waals surface area contributed by atoms with Crippen molar-refractivity contribution >= 4 is 16.7 Å². The lowest BCUT2D eigenvalue weighted by Crippen LogP contribution is -2.01. The number of methoxy groups -OCH3 is 1. The molecule has 0 fully saturated rings. The van der Waals surface area contributed by atoms with Gasteiger partial charge < -0.3 is 4.74 Å². The fourth-order valence-corrected chi connectivity index (χ4v) is 2.24. The Morgan fingerprint density at radius 2 is 1.80 bits per heavy atom. The van der Waals surface area contributed by atoms with E-state index in [0.717, 1.165) is 16.6 Å². The molecule has 3 heteroatoms. The van der Waals surface area contributed by atoms with Crippen LogP contribution in [0, 0.1) is 0 Å². The van der Waals surface area contributed by atoms with Gasteiger partial charge in [0.1, 0.15) is 0 Å². The van der Waals surface area contributed by atoms with Gasteiger partial charge in [-0.1, -0.05) is 42.5 Å². The molecule has 3 rings (SSSR count). The molecule has 2 aromatic carbocycles. The Kier molecular flexibility index (Phi) is 3.17. The van der Waals surface area contributed by atoms with Crippen molar-refractivity contribution in [3.8, 4) is 11.3 Å². The molecule has 98 valence electrons. The zero-order valence-electron chi connectivity index (χ0n) is 11.0. The van der Waals surface area contributed by atoms with E-state index < -0.39 is 0 Å². The van der Waals surface area contributed by atoms with Gasteiger partial charge in [-0.05, 0) is 22.9 Å². The molecule has 0 N–H and O–H groups in total. The number of pyridine rings is 1. The van der Waals surface area contributed by atoms with Gasteiger partial charge in [0.2, 0.25) is 0 Å². The molecular formula is C17H13NO2. The SMILES string of the molecule is COC(=O)c1ccc(-c2cccc3ccccc23)nc1. The molecule has 20 heavy (non-hydrogen) atoms. The number of ether oxygens (including phenoxy) is 1. The average Bonchev–Trinajstić information content (AvgIpc) is 2.54. The largest absolute Gasteiger partial charge is 0.465 e. The first-order valence-electron chi connectivity index (χ1n) is 6.32. The van der Waals surface area contributed by atoms with E-state index in [4.69, 9.17) is 0 Å². The molecule has 0 unspecified atom stereocenters. The molecule has 1 aromatic heterocycles. The maximum Gasteiger partial charge on any atom is 0.339 e. The lowest BCUT2D eigenvalue weighted by molar-refractivity contribution is 0.0600. The van der Waals surface area contributed by atoms with Gasteiger partial charge in [-0.2, -0.15) is 0 Å². The van der Waals surface area contributed by atoms with E-state index in [9.17, 15) is 4.79 Å². The van der Waals surface area contributed by atoms with E-state index >= 15 is 0 Å². The molecule has 3 nitrogen and oxygen atoms in total. The van der Waals surface area contributed by atoms with Crippen molar-refractivity contribution in [1.82, 2.24) is 4.98 Å². The lowest BCUT2D eigenvalue weighted by Gasteiger charge is -2.06. The van der Waals surface area contributed by atoms with Crippen molar-refractivity contribution in [2.24, 2.45) is 0 Å². The van der Waals surface area contributed by atoms with E-state index in [1.807, 2.05) is 30.3 Å². The smallest absolute Gasteiger partial charge is 0.339 e. The van der Waals surface area contributed by atoms with Gasteiger partial charge in [0.05, 0.1) is 18.4 Å². The summed E-state index contributed by atoms with van der Waals surface area (Å²) in [5.41, 5.74) is 2.35. The van der Waals surface area contributed by atoms with Crippen LogP contribution in [-0.2, 0) is 4.74 Å². The number of nitrogens with zero attached hydrogens (tertiary/aromatic N) is 1. The summed E-state index contributed by atoms with van der Waals surface area (Å²) in [6.45, 7) is 0. The summed E-state index contributed by atoms with van der Waals surface area (Å²) in [5.74, 6) is -0.373. The molecule has 0 aliphatic rings. The third kappa shape index (κ3) is 2.14. The molecule has 0 saturated heterocycles. The molecule has 0 atom stereocenters. The quantitative estimate of drug-likeness (QED) is 0.662. The van der Waals surface area contributed by atoms with Crippen LogP contribution < -0.4 is 0 Å². The number of aromatic nitrogens is 1. The Bertz CT molecular complexity index is 758. The summed E-state index contributed by atoms with van der Waals surface area (Å²) in [7, 11) is 1.36. The minimum Gasteiger partial charge on any atom is -0.465 e. The number of rotatable bonds is 2. The van der Waals surface area contributed by atoms with Crippen LogP contribution in [0.1, 0.15) is 10.4 Å². The van der Waals surface area contributed by atoms with Crippen LogP contribution in [0.2, 0.25) is 0 Å². The standard InChI is InChI=1S/C17H13NO2/c1-20-17(19)13-9-10-16(18-11-13)15-8-4-6-12-5-2-3-7-14(12)15/h2-11H,1H3. The summed E-state index contributed by atoms with van der Waals surface area (Å²) in [5, 5.41) is 2.32. The summed E-state index contributed by atoms with van der Waals surface area (Å²) in [6, 6.07) is 17.8. The van der Waals surface area contributed by atoms with E-state index in [1.54, 1.807) is 12.3 Å². The van der Waals surface area contributed by atoms with E-state index in [0.29, 0.717) is 5.56 Å². The van der Waals surface area contributed by atoms with Gasteiger partial charge in [-0.15, -0.1) is 0 Å². The monoisotopic (exact) mass is 263 g/mol. The number of carbonyl (C=O) groups is 1. The third-order valence-electron chi connectivity index (χ3n) is 3.25. The summed E-state index contributed by atoms with van der Waals surface area (Å²) in [4.78, 5) is 15.8. The fourth-order valence-electron chi connectivity index (χ4n) is 2.24. The fraction of sp³-hybridized carbons (Fsp3) is 0.0588. The van der Waals surface area contributed by atoms with Crippen molar-refractivity contribution in [2.45, 2.75) is 0 Å². The number of hydrogen-bond acceptors (Lipinski definition) is 3. The summed E-state index contributed by atoms with van der Waals surface area (Å²) in [6.07, 6.45) is 1.54. The van der Waals surface area contributed by atoms with Gasteiger partial charge in [-0.3, -0.25) is 4.98 Å². The normalized spacial score (nSPS) is 10.4. The van der Waals surface area contributed by atoms with E-state index in [1.165, 1.54) is 12.5 Å². The van der Waals surface area contributed by atoms with E-state index in [2.05, 4.69) is 27.9 Å². The zero-order chi connectivity index (χ0) is 13.9. The summed E-state index contributed by atoms with van der Waals surface area (Å²) >= 11 is 0. The van der Waals surface area contributed by atoms with Crippen LogP contribution in [0.5, 0.6) is 0 Å². The lowest BCUT2D eigenvalue weighted by atomic mass is 10.0. The molecule has 0 aliphatic heterocycles. The Morgan fingerprint density at radius 3 is 2.55 bits per heavy atom. The highest BCUT2D eigenvalue weighted by Gasteiger charge is 2.08. The Morgan fingerprint density at radius 1 is 1.00 bits per heavy atom. The molecule has 0 bridgehead atoms. The second-order valence-corrected chi connectivity index (χ2v) is 4.45. The Hall–Kier alpha value is -2.68. The molecule has 0 amide bonds. The van der Waals surface area contributed by atoms with Crippen LogP contribution in [0.25, 0.3) is 22.0 Å². The zero-order valence-corrected chi connectivity index (χ0v) is 11.0. The summed E-state index contributed by atoms with van der Waals surface area (Å²) < 4.78 is 4.67. The first-order valence-corrected chi connectivity index (χ1v) is 6.32. The van der Waals surface area contributed by atoms with Gasteiger partial charge in [0.15, 0.2) is 0 Å². The van der Waals surface area contributed by atoms with Gasteiger partial charge >= 0.3 is 5.97 Å². The highest BCUT2D eigenvalue weighted by molar-refractivity contribution is 5.96. The molecule has 1 heterocycles. The molecule has 0 aliphatic carbocycles. The highest BCUT2D eigenvalue weighted by Crippen LogP contribution is 2.27. The van der Waals surface area contributed by atoms with Crippen LogP contribution in [0.3, 0.4) is 0 Å². The van der Waals surface area contributed by atoms with E-state index in [-0.39, 0.29) is 5.97 Å². The van der Waals surface area contributed by atoms with Crippen molar-refractivity contribution in [3.05, 3.63) is 66.4 Å². The number of carbonyl (C=O) groups excluding carboxylic acids is 1. The van der Waals surface area contributed by atoms with Crippen LogP contribution in [-0.4, -0.2) is 18.1 Å². The molecular weight excluding hydrogens is 250 g/mol. The second kappa shape index (κ2) is 5.13. The first kappa shape index (κ1) is 12.4. The van der Waals surface area contributed by atoms with Crippen LogP contribution in [0.15, 0.2) is 60.8 Å². The molecule has 0 spiro atoms. The third-order valence-corrected chi connectivity index (χ3v) is 3.25. The van der Waals surface area contributed by atoms with Crippen molar-refractivity contribution in [2.75, 3.05) is 7.11 Å².